The molecule has 2 heterocycles. The number of aryl methyl sites for hydroxylation is 1. The van der Waals surface area contributed by atoms with Crippen molar-refractivity contribution in [2.45, 2.75) is 38.3 Å². The Kier molecular flexibility index (Phi) is 5.12. The summed E-state index contributed by atoms with van der Waals surface area (Å²) >= 11 is 0. The maximum atomic E-state index is 4.71. The second kappa shape index (κ2) is 7.84. The molecule has 3 aromatic rings. The summed E-state index contributed by atoms with van der Waals surface area (Å²) in [5.74, 6) is 0. The van der Waals surface area contributed by atoms with Crippen LogP contribution in [0, 0.1) is 6.92 Å². The number of pyridine rings is 1. The molecule has 132 valence electrons. The molecule has 2 aromatic carbocycles. The number of likely N-dealkylation sites (tertiary alicyclic amines) is 1. The average molecular weight is 342 g/mol. The molecule has 1 aliphatic rings. The van der Waals surface area contributed by atoms with Gasteiger partial charge in [-0.2, -0.15) is 0 Å². The zero-order valence-electron chi connectivity index (χ0n) is 15.4. The van der Waals surface area contributed by atoms with Crippen molar-refractivity contribution < 1.29 is 0 Å². The highest BCUT2D eigenvalue weighted by atomic mass is 15.2. The number of hydrogen-bond donors (Lipinski definition) is 0. The van der Waals surface area contributed by atoms with Gasteiger partial charge in [-0.1, -0.05) is 66.2 Å². The van der Waals surface area contributed by atoms with Crippen molar-refractivity contribution in [3.8, 4) is 0 Å². The quantitative estimate of drug-likeness (QED) is 0.634. The first-order valence-corrected chi connectivity index (χ1v) is 9.58. The van der Waals surface area contributed by atoms with Gasteiger partial charge in [0, 0.05) is 12.2 Å². The van der Waals surface area contributed by atoms with Crippen LogP contribution in [0.4, 0.5) is 0 Å². The third-order valence-electron chi connectivity index (χ3n) is 5.39. The molecule has 1 aromatic heterocycles. The van der Waals surface area contributed by atoms with Gasteiger partial charge in [0.05, 0.1) is 11.7 Å². The van der Waals surface area contributed by atoms with Gasteiger partial charge in [0.25, 0.3) is 0 Å². The van der Waals surface area contributed by atoms with Crippen molar-refractivity contribution >= 4 is 0 Å². The maximum Gasteiger partial charge on any atom is 0.0778 e. The fourth-order valence-corrected chi connectivity index (χ4v) is 4.23. The molecular weight excluding hydrogens is 316 g/mol. The molecule has 0 saturated carbocycles. The van der Waals surface area contributed by atoms with E-state index in [9.17, 15) is 0 Å². The van der Waals surface area contributed by atoms with Crippen LogP contribution in [-0.2, 0) is 6.42 Å². The second-order valence-electron chi connectivity index (χ2n) is 7.29. The van der Waals surface area contributed by atoms with Crippen molar-refractivity contribution in [3.05, 3.63) is 101 Å². The Balaban J connectivity index is 1.66. The Hall–Kier alpha value is -2.45. The third-order valence-corrected chi connectivity index (χ3v) is 5.39. The number of benzene rings is 2. The van der Waals surface area contributed by atoms with Crippen molar-refractivity contribution in [2.75, 3.05) is 6.54 Å². The first-order chi connectivity index (χ1) is 12.8. The van der Waals surface area contributed by atoms with E-state index in [1.165, 1.54) is 29.5 Å². The molecule has 26 heavy (non-hydrogen) atoms. The SMILES string of the molecule is Cc1cccc(C[C@@H]2CCCN2C(c2ccccc2)c2ccccn2)c1. The van der Waals surface area contributed by atoms with Crippen molar-refractivity contribution in [1.82, 2.24) is 9.88 Å². The molecule has 2 heteroatoms. The molecule has 1 aliphatic heterocycles. The van der Waals surface area contributed by atoms with Crippen LogP contribution in [0.15, 0.2) is 79.0 Å². The third kappa shape index (κ3) is 3.71. The molecule has 1 fully saturated rings. The predicted molar refractivity (Wildman–Crippen MR) is 107 cm³/mol. The van der Waals surface area contributed by atoms with E-state index < -0.39 is 0 Å². The lowest BCUT2D eigenvalue weighted by Crippen LogP contribution is -2.36. The van der Waals surface area contributed by atoms with Gasteiger partial charge in [-0.3, -0.25) is 9.88 Å². The first-order valence-electron chi connectivity index (χ1n) is 9.58. The minimum Gasteiger partial charge on any atom is -0.288 e. The maximum absolute atomic E-state index is 4.71. The molecule has 1 saturated heterocycles. The first kappa shape index (κ1) is 17.0. The molecule has 0 amide bonds. The zero-order valence-corrected chi connectivity index (χ0v) is 15.4. The van der Waals surface area contributed by atoms with Crippen molar-refractivity contribution in [3.63, 3.8) is 0 Å². The molecule has 2 atom stereocenters. The van der Waals surface area contributed by atoms with Gasteiger partial charge in [0.2, 0.25) is 0 Å². The smallest absolute Gasteiger partial charge is 0.0778 e. The van der Waals surface area contributed by atoms with E-state index in [1.807, 2.05) is 12.3 Å². The summed E-state index contributed by atoms with van der Waals surface area (Å²) in [5.41, 5.74) is 5.27. The van der Waals surface area contributed by atoms with Crippen LogP contribution in [0.3, 0.4) is 0 Å². The van der Waals surface area contributed by atoms with E-state index in [1.54, 1.807) is 0 Å². The highest BCUT2D eigenvalue weighted by Gasteiger charge is 2.33. The van der Waals surface area contributed by atoms with Gasteiger partial charge in [-0.15, -0.1) is 0 Å². The highest BCUT2D eigenvalue weighted by Crippen LogP contribution is 2.35. The van der Waals surface area contributed by atoms with Crippen LogP contribution in [0.1, 0.15) is 41.3 Å². The average Bonchev–Trinajstić information content (AvgIpc) is 3.11. The summed E-state index contributed by atoms with van der Waals surface area (Å²) < 4.78 is 0. The Morgan fingerprint density at radius 2 is 1.85 bits per heavy atom. The Bertz CT molecular complexity index is 790. The lowest BCUT2D eigenvalue weighted by molar-refractivity contribution is 0.202. The summed E-state index contributed by atoms with van der Waals surface area (Å²) in [6.45, 7) is 3.31. The van der Waals surface area contributed by atoms with Crippen molar-refractivity contribution in [2.24, 2.45) is 0 Å². The van der Waals surface area contributed by atoms with Crippen LogP contribution in [0.2, 0.25) is 0 Å². The van der Waals surface area contributed by atoms with Gasteiger partial charge >= 0.3 is 0 Å². The molecule has 4 rings (SSSR count). The fraction of sp³-hybridized carbons (Fsp3) is 0.292. The summed E-state index contributed by atoms with van der Waals surface area (Å²) in [4.78, 5) is 7.38. The molecule has 0 N–H and O–H groups in total. The monoisotopic (exact) mass is 342 g/mol. The highest BCUT2D eigenvalue weighted by molar-refractivity contribution is 5.29. The zero-order chi connectivity index (χ0) is 17.8. The van der Waals surface area contributed by atoms with E-state index in [0.29, 0.717) is 6.04 Å². The van der Waals surface area contributed by atoms with Crippen LogP contribution < -0.4 is 0 Å². The topological polar surface area (TPSA) is 16.1 Å². The van der Waals surface area contributed by atoms with E-state index >= 15 is 0 Å². The second-order valence-corrected chi connectivity index (χ2v) is 7.29. The minimum atomic E-state index is 0.231. The predicted octanol–water partition coefficient (Wildman–Crippen LogP) is 5.19. The molecule has 1 unspecified atom stereocenters. The molecule has 0 bridgehead atoms. The number of hydrogen-bond acceptors (Lipinski definition) is 2. The summed E-state index contributed by atoms with van der Waals surface area (Å²) in [6.07, 6.45) is 5.53. The van der Waals surface area contributed by atoms with Gasteiger partial charge in [0.15, 0.2) is 0 Å². The van der Waals surface area contributed by atoms with Gasteiger partial charge in [-0.25, -0.2) is 0 Å². The van der Waals surface area contributed by atoms with Crippen LogP contribution >= 0.6 is 0 Å². The largest absolute Gasteiger partial charge is 0.288 e. The van der Waals surface area contributed by atoms with Crippen LogP contribution in [-0.4, -0.2) is 22.5 Å². The minimum absolute atomic E-state index is 0.231. The Morgan fingerprint density at radius 1 is 1.00 bits per heavy atom. The van der Waals surface area contributed by atoms with Crippen LogP contribution in [0.25, 0.3) is 0 Å². The molecule has 0 spiro atoms. The summed E-state index contributed by atoms with van der Waals surface area (Å²) in [5, 5.41) is 0. The Morgan fingerprint density at radius 3 is 2.62 bits per heavy atom. The summed E-state index contributed by atoms with van der Waals surface area (Å²) in [6, 6.07) is 26.8. The van der Waals surface area contributed by atoms with Gasteiger partial charge in [0.1, 0.15) is 0 Å². The molecule has 0 radical (unpaired) electrons. The van der Waals surface area contributed by atoms with Gasteiger partial charge in [-0.05, 0) is 56.0 Å². The van der Waals surface area contributed by atoms with E-state index in [0.717, 1.165) is 18.7 Å². The standard InChI is InChI=1S/C24H26N2/c1-19-9-7-10-20(17-19)18-22-13-8-16-26(22)24(21-11-3-2-4-12-21)23-14-5-6-15-25-23/h2-7,9-12,14-15,17,22,24H,8,13,16,18H2,1H3/t22-,24?/m0/s1. The Labute approximate surface area is 156 Å². The van der Waals surface area contributed by atoms with E-state index in [4.69, 9.17) is 4.98 Å². The lowest BCUT2D eigenvalue weighted by Gasteiger charge is -2.33. The van der Waals surface area contributed by atoms with Crippen LogP contribution in [0.5, 0.6) is 0 Å². The molecular formula is C24H26N2. The fourth-order valence-electron chi connectivity index (χ4n) is 4.23. The normalized spacial score (nSPS) is 18.7. The number of aromatic nitrogens is 1. The molecule has 0 aliphatic carbocycles. The van der Waals surface area contributed by atoms with Crippen molar-refractivity contribution in [1.29, 1.82) is 0 Å². The van der Waals surface area contributed by atoms with E-state index in [2.05, 4.69) is 78.6 Å². The van der Waals surface area contributed by atoms with Gasteiger partial charge < -0.3 is 0 Å². The lowest BCUT2D eigenvalue weighted by atomic mass is 9.97. The number of nitrogens with zero attached hydrogens (tertiary/aromatic N) is 2. The van der Waals surface area contributed by atoms with E-state index in [-0.39, 0.29) is 6.04 Å². The number of rotatable bonds is 5. The summed E-state index contributed by atoms with van der Waals surface area (Å²) in [7, 11) is 0. The molecule has 2 nitrogen and oxygen atoms in total.